The summed E-state index contributed by atoms with van der Waals surface area (Å²) in [5, 5.41) is 3.00. The Hall–Kier alpha value is -3.38. The van der Waals surface area contributed by atoms with Crippen molar-refractivity contribution in [2.45, 2.75) is 6.54 Å². The lowest BCUT2D eigenvalue weighted by molar-refractivity contribution is 0.143. The molecule has 2 aromatic carbocycles. The van der Waals surface area contributed by atoms with Gasteiger partial charge in [-0.05, 0) is 42.0 Å². The molecule has 0 bridgehead atoms. The number of piperazine rings is 1. The van der Waals surface area contributed by atoms with Crippen molar-refractivity contribution in [1.29, 1.82) is 0 Å². The second-order valence-electron chi connectivity index (χ2n) is 6.96. The second kappa shape index (κ2) is 9.21. The van der Waals surface area contributed by atoms with Crippen LogP contribution < -0.4 is 10.1 Å². The van der Waals surface area contributed by atoms with Gasteiger partial charge in [0.2, 0.25) is 0 Å². The third-order valence-electron chi connectivity index (χ3n) is 4.91. The van der Waals surface area contributed by atoms with Crippen molar-refractivity contribution < 1.29 is 9.53 Å². The number of rotatable bonds is 5. The summed E-state index contributed by atoms with van der Waals surface area (Å²) in [6.45, 7) is 3.96. The van der Waals surface area contributed by atoms with Crippen LogP contribution in [0.25, 0.3) is 0 Å². The molecule has 3 aromatic rings. The highest BCUT2D eigenvalue weighted by molar-refractivity contribution is 5.91. The highest BCUT2D eigenvalue weighted by Gasteiger charge is 2.22. The van der Waals surface area contributed by atoms with Crippen LogP contribution in [0.3, 0.4) is 0 Å². The van der Waals surface area contributed by atoms with E-state index in [1.165, 1.54) is 5.56 Å². The van der Waals surface area contributed by atoms with Gasteiger partial charge in [-0.3, -0.25) is 9.88 Å². The molecule has 1 saturated heterocycles. The van der Waals surface area contributed by atoms with E-state index in [2.05, 4.69) is 15.2 Å². The summed E-state index contributed by atoms with van der Waals surface area (Å²) >= 11 is 0. The number of para-hydroxylation sites is 3. The fourth-order valence-electron chi connectivity index (χ4n) is 3.32. The summed E-state index contributed by atoms with van der Waals surface area (Å²) in [5.74, 6) is 1.36. The molecule has 1 aliphatic rings. The maximum atomic E-state index is 12.8. The zero-order valence-electron chi connectivity index (χ0n) is 16.2. The summed E-state index contributed by atoms with van der Waals surface area (Å²) in [5.41, 5.74) is 1.91. The van der Waals surface area contributed by atoms with Gasteiger partial charge in [-0.2, -0.15) is 0 Å². The van der Waals surface area contributed by atoms with E-state index >= 15 is 0 Å². The van der Waals surface area contributed by atoms with Gasteiger partial charge >= 0.3 is 6.03 Å². The predicted molar refractivity (Wildman–Crippen MR) is 113 cm³/mol. The summed E-state index contributed by atoms with van der Waals surface area (Å²) in [7, 11) is 0. The number of carbonyl (C=O) groups is 1. The molecule has 0 atom stereocenters. The monoisotopic (exact) mass is 388 g/mol. The normalized spacial score (nSPS) is 14.4. The smallest absolute Gasteiger partial charge is 0.322 e. The average molecular weight is 388 g/mol. The van der Waals surface area contributed by atoms with Crippen LogP contribution in [-0.4, -0.2) is 47.0 Å². The minimum absolute atomic E-state index is 0.0994. The molecule has 0 spiro atoms. The molecular formula is C23H24N4O2. The van der Waals surface area contributed by atoms with Crippen molar-refractivity contribution in [3.05, 3.63) is 84.7 Å². The van der Waals surface area contributed by atoms with Crippen molar-refractivity contribution in [3.63, 3.8) is 0 Å². The summed E-state index contributed by atoms with van der Waals surface area (Å²) < 4.78 is 5.93. The Bertz CT molecular complexity index is 926. The molecule has 1 fully saturated rings. The van der Waals surface area contributed by atoms with Crippen molar-refractivity contribution in [2.75, 3.05) is 31.5 Å². The molecule has 6 nitrogen and oxygen atoms in total. The van der Waals surface area contributed by atoms with Crippen LogP contribution in [0, 0.1) is 0 Å². The summed E-state index contributed by atoms with van der Waals surface area (Å²) in [6.07, 6.45) is 3.63. The van der Waals surface area contributed by atoms with Crippen molar-refractivity contribution in [2.24, 2.45) is 0 Å². The number of pyridine rings is 1. The Kier molecular flexibility index (Phi) is 6.02. The van der Waals surface area contributed by atoms with Gasteiger partial charge in [-0.25, -0.2) is 4.79 Å². The number of aromatic nitrogens is 1. The number of urea groups is 1. The molecule has 1 aromatic heterocycles. The number of benzene rings is 2. The zero-order valence-corrected chi connectivity index (χ0v) is 16.2. The van der Waals surface area contributed by atoms with Gasteiger partial charge in [0.05, 0.1) is 5.69 Å². The molecule has 0 aliphatic carbocycles. The van der Waals surface area contributed by atoms with Crippen LogP contribution in [0.15, 0.2) is 79.1 Å². The molecule has 2 heterocycles. The van der Waals surface area contributed by atoms with Crippen LogP contribution in [0.4, 0.5) is 10.5 Å². The van der Waals surface area contributed by atoms with E-state index in [-0.39, 0.29) is 6.03 Å². The largest absolute Gasteiger partial charge is 0.455 e. The second-order valence-corrected chi connectivity index (χ2v) is 6.96. The van der Waals surface area contributed by atoms with Crippen molar-refractivity contribution >= 4 is 11.7 Å². The Balaban J connectivity index is 1.33. The molecule has 148 valence electrons. The minimum Gasteiger partial charge on any atom is -0.455 e. The summed E-state index contributed by atoms with van der Waals surface area (Å²) in [4.78, 5) is 21.0. The Morgan fingerprint density at radius 1 is 0.897 bits per heavy atom. The Morgan fingerprint density at radius 2 is 1.59 bits per heavy atom. The number of ether oxygens (including phenoxy) is 1. The van der Waals surface area contributed by atoms with Crippen molar-refractivity contribution in [1.82, 2.24) is 14.8 Å². The molecule has 1 N–H and O–H groups in total. The van der Waals surface area contributed by atoms with E-state index in [0.29, 0.717) is 24.5 Å². The minimum atomic E-state index is -0.0994. The highest BCUT2D eigenvalue weighted by Crippen LogP contribution is 2.29. The number of nitrogens with zero attached hydrogens (tertiary/aromatic N) is 3. The summed E-state index contributed by atoms with van der Waals surface area (Å²) in [6, 6.07) is 21.0. The molecular weight excluding hydrogens is 364 g/mol. The Morgan fingerprint density at radius 3 is 2.34 bits per heavy atom. The first kappa shape index (κ1) is 19.0. The Labute approximate surface area is 170 Å². The molecule has 2 amide bonds. The van der Waals surface area contributed by atoms with Gasteiger partial charge in [0.25, 0.3) is 0 Å². The lowest BCUT2D eigenvalue weighted by atomic mass is 10.2. The molecule has 29 heavy (non-hydrogen) atoms. The van der Waals surface area contributed by atoms with Gasteiger partial charge in [0, 0.05) is 45.1 Å². The average Bonchev–Trinajstić information content (AvgIpc) is 2.77. The first-order valence-corrected chi connectivity index (χ1v) is 9.77. The maximum Gasteiger partial charge on any atom is 0.322 e. The molecule has 0 unspecified atom stereocenters. The molecule has 0 radical (unpaired) electrons. The molecule has 6 heteroatoms. The van der Waals surface area contributed by atoms with Gasteiger partial charge in [0.15, 0.2) is 5.75 Å². The van der Waals surface area contributed by atoms with Gasteiger partial charge < -0.3 is 15.0 Å². The predicted octanol–water partition coefficient (Wildman–Crippen LogP) is 4.22. The van der Waals surface area contributed by atoms with Crippen LogP contribution >= 0.6 is 0 Å². The van der Waals surface area contributed by atoms with E-state index in [1.807, 2.05) is 84.0 Å². The quantitative estimate of drug-likeness (QED) is 0.711. The fourth-order valence-corrected chi connectivity index (χ4v) is 3.32. The molecule has 0 saturated carbocycles. The topological polar surface area (TPSA) is 57.7 Å². The molecule has 4 rings (SSSR count). The van der Waals surface area contributed by atoms with Gasteiger partial charge in [-0.15, -0.1) is 0 Å². The van der Waals surface area contributed by atoms with Gasteiger partial charge in [0.1, 0.15) is 5.75 Å². The number of hydrogen-bond donors (Lipinski definition) is 1. The van der Waals surface area contributed by atoms with E-state index in [1.54, 1.807) is 0 Å². The standard InChI is InChI=1S/C23H24N4O2/c28-23(27-16-14-26(15-17-27)18-19-10-12-24-13-11-19)25-21-8-4-5-9-22(21)29-20-6-2-1-3-7-20/h1-13H,14-18H2,(H,25,28). The molecule has 1 aliphatic heterocycles. The van der Waals surface area contributed by atoms with Crippen LogP contribution in [0.5, 0.6) is 11.5 Å². The van der Waals surface area contributed by atoms with Crippen LogP contribution in [0.1, 0.15) is 5.56 Å². The SMILES string of the molecule is O=C(Nc1ccccc1Oc1ccccc1)N1CCN(Cc2ccncc2)CC1. The third kappa shape index (κ3) is 5.12. The fraction of sp³-hybridized carbons (Fsp3) is 0.217. The van der Waals surface area contributed by atoms with E-state index in [9.17, 15) is 4.79 Å². The number of anilines is 1. The number of nitrogens with one attached hydrogen (secondary N) is 1. The number of hydrogen-bond acceptors (Lipinski definition) is 4. The highest BCUT2D eigenvalue weighted by atomic mass is 16.5. The van der Waals surface area contributed by atoms with Crippen LogP contribution in [0.2, 0.25) is 0 Å². The van der Waals surface area contributed by atoms with E-state index < -0.39 is 0 Å². The van der Waals surface area contributed by atoms with E-state index in [0.717, 1.165) is 25.4 Å². The van der Waals surface area contributed by atoms with E-state index in [4.69, 9.17) is 4.74 Å². The third-order valence-corrected chi connectivity index (χ3v) is 4.91. The maximum absolute atomic E-state index is 12.8. The van der Waals surface area contributed by atoms with Crippen LogP contribution in [-0.2, 0) is 6.54 Å². The van der Waals surface area contributed by atoms with Crippen molar-refractivity contribution in [3.8, 4) is 11.5 Å². The first-order chi connectivity index (χ1) is 14.3. The lowest BCUT2D eigenvalue weighted by Crippen LogP contribution is -2.49. The number of carbonyl (C=O) groups excluding carboxylic acids is 1. The zero-order chi connectivity index (χ0) is 19.9. The first-order valence-electron chi connectivity index (χ1n) is 9.77. The van der Waals surface area contributed by atoms with Gasteiger partial charge in [-0.1, -0.05) is 30.3 Å². The number of amides is 2. The lowest BCUT2D eigenvalue weighted by Gasteiger charge is -2.34.